The van der Waals surface area contributed by atoms with E-state index in [2.05, 4.69) is 16.6 Å². The molecule has 1 aromatic rings. The van der Waals surface area contributed by atoms with Gasteiger partial charge in [-0.25, -0.2) is 4.79 Å². The van der Waals surface area contributed by atoms with Crippen molar-refractivity contribution in [3.05, 3.63) is 35.4 Å². The van der Waals surface area contributed by atoms with E-state index >= 15 is 0 Å². The second-order valence-corrected chi connectivity index (χ2v) is 3.01. The van der Waals surface area contributed by atoms with Crippen molar-refractivity contribution < 1.29 is 19.4 Å². The van der Waals surface area contributed by atoms with Gasteiger partial charge in [0.25, 0.3) is 0 Å². The Kier molecular flexibility index (Phi) is 4.10. The second-order valence-electron chi connectivity index (χ2n) is 3.01. The summed E-state index contributed by atoms with van der Waals surface area (Å²) in [6, 6.07) is 6.71. The molecular formula is C12H10O4. The summed E-state index contributed by atoms with van der Waals surface area (Å²) < 4.78 is 4.36. The molecule has 0 radical (unpaired) electrons. The van der Waals surface area contributed by atoms with Crippen molar-refractivity contribution in [3.8, 4) is 11.8 Å². The number of carboxylic acid groups (broad SMARTS) is 1. The Labute approximate surface area is 92.9 Å². The van der Waals surface area contributed by atoms with E-state index in [1.165, 1.54) is 7.11 Å². The maximum absolute atomic E-state index is 10.8. The minimum absolute atomic E-state index is 0.0618. The molecule has 0 amide bonds. The van der Waals surface area contributed by atoms with Crippen LogP contribution in [0.1, 0.15) is 11.1 Å². The van der Waals surface area contributed by atoms with Crippen LogP contribution in [0, 0.1) is 11.8 Å². The van der Waals surface area contributed by atoms with Crippen molar-refractivity contribution in [2.45, 2.75) is 6.42 Å². The highest BCUT2D eigenvalue weighted by Crippen LogP contribution is 2.04. The number of carbonyl (C=O) groups is 2. The number of hydrogen-bond acceptors (Lipinski definition) is 3. The van der Waals surface area contributed by atoms with E-state index in [4.69, 9.17) is 5.11 Å². The maximum atomic E-state index is 10.8. The third kappa shape index (κ3) is 3.84. The Morgan fingerprint density at radius 2 is 2.19 bits per heavy atom. The standard InChI is InChI=1S/C12H10O4/c1-16-12(15)6-5-9-3-2-4-10(7-9)8-11(13)14/h2-4,7H,8H2,1H3,(H,13,14). The molecule has 0 unspecified atom stereocenters. The zero-order valence-electron chi connectivity index (χ0n) is 8.69. The zero-order valence-corrected chi connectivity index (χ0v) is 8.69. The van der Waals surface area contributed by atoms with Gasteiger partial charge in [-0.15, -0.1) is 0 Å². The first-order valence-electron chi connectivity index (χ1n) is 4.52. The molecule has 0 fully saturated rings. The van der Waals surface area contributed by atoms with Gasteiger partial charge in [0.1, 0.15) is 0 Å². The SMILES string of the molecule is COC(=O)C#Cc1cccc(CC(=O)O)c1. The number of methoxy groups -OCH3 is 1. The predicted molar refractivity (Wildman–Crippen MR) is 56.7 cm³/mol. The molecule has 0 aliphatic heterocycles. The van der Waals surface area contributed by atoms with Crippen molar-refractivity contribution in [1.82, 2.24) is 0 Å². The first-order chi connectivity index (χ1) is 7.61. The zero-order chi connectivity index (χ0) is 12.0. The molecule has 0 spiro atoms. The van der Waals surface area contributed by atoms with Gasteiger partial charge >= 0.3 is 11.9 Å². The Balaban J connectivity index is 2.85. The largest absolute Gasteiger partial charge is 0.481 e. The minimum Gasteiger partial charge on any atom is -0.481 e. The van der Waals surface area contributed by atoms with Gasteiger partial charge in [0.05, 0.1) is 13.5 Å². The lowest BCUT2D eigenvalue weighted by atomic mass is 10.1. The van der Waals surface area contributed by atoms with E-state index < -0.39 is 11.9 Å². The van der Waals surface area contributed by atoms with Crippen LogP contribution in [0.25, 0.3) is 0 Å². The van der Waals surface area contributed by atoms with E-state index in [0.717, 1.165) is 0 Å². The van der Waals surface area contributed by atoms with Gasteiger partial charge < -0.3 is 9.84 Å². The van der Waals surface area contributed by atoms with Crippen LogP contribution >= 0.6 is 0 Å². The topological polar surface area (TPSA) is 63.6 Å². The van der Waals surface area contributed by atoms with Gasteiger partial charge in [-0.1, -0.05) is 18.1 Å². The Hall–Kier alpha value is -2.28. The summed E-state index contributed by atoms with van der Waals surface area (Å²) >= 11 is 0. The first-order valence-corrected chi connectivity index (χ1v) is 4.52. The van der Waals surface area contributed by atoms with Gasteiger partial charge in [-0.2, -0.15) is 0 Å². The number of benzene rings is 1. The van der Waals surface area contributed by atoms with Crippen LogP contribution in [0.4, 0.5) is 0 Å². The van der Waals surface area contributed by atoms with Gasteiger partial charge in [-0.3, -0.25) is 4.79 Å². The molecule has 1 rings (SSSR count). The van der Waals surface area contributed by atoms with Crippen molar-refractivity contribution in [3.63, 3.8) is 0 Å². The highest BCUT2D eigenvalue weighted by molar-refractivity contribution is 5.89. The molecule has 4 heteroatoms. The molecule has 0 atom stereocenters. The summed E-state index contributed by atoms with van der Waals surface area (Å²) in [5.41, 5.74) is 1.23. The van der Waals surface area contributed by atoms with Crippen LogP contribution in [-0.4, -0.2) is 24.2 Å². The lowest BCUT2D eigenvalue weighted by molar-refractivity contribution is -0.136. The fraction of sp³-hybridized carbons (Fsp3) is 0.167. The lowest BCUT2D eigenvalue weighted by Crippen LogP contribution is -2.00. The normalized spacial score (nSPS) is 8.81. The molecule has 0 heterocycles. The fourth-order valence-corrected chi connectivity index (χ4v) is 1.11. The lowest BCUT2D eigenvalue weighted by Gasteiger charge is -1.97. The molecule has 0 aromatic heterocycles. The van der Waals surface area contributed by atoms with E-state index in [-0.39, 0.29) is 6.42 Å². The Morgan fingerprint density at radius 1 is 1.44 bits per heavy atom. The Bertz CT molecular complexity index is 465. The quantitative estimate of drug-likeness (QED) is 0.590. The van der Waals surface area contributed by atoms with Crippen molar-refractivity contribution >= 4 is 11.9 Å². The number of aliphatic carboxylic acids is 1. The number of esters is 1. The summed E-state index contributed by atoms with van der Waals surface area (Å²) in [5, 5.41) is 8.60. The van der Waals surface area contributed by atoms with Gasteiger partial charge in [0.15, 0.2) is 0 Å². The first kappa shape index (κ1) is 11.8. The summed E-state index contributed by atoms with van der Waals surface area (Å²) in [4.78, 5) is 21.2. The number of rotatable bonds is 2. The summed E-state index contributed by atoms with van der Waals surface area (Å²) in [6.07, 6.45) is -0.0618. The third-order valence-electron chi connectivity index (χ3n) is 1.78. The van der Waals surface area contributed by atoms with Gasteiger partial charge in [0, 0.05) is 11.5 Å². The molecule has 0 saturated heterocycles. The highest BCUT2D eigenvalue weighted by atomic mass is 16.5. The molecule has 16 heavy (non-hydrogen) atoms. The molecule has 0 saturated carbocycles. The van der Waals surface area contributed by atoms with Gasteiger partial charge in [-0.05, 0) is 17.7 Å². The number of hydrogen-bond donors (Lipinski definition) is 1. The molecule has 4 nitrogen and oxygen atoms in total. The predicted octanol–water partition coefficient (Wildman–Crippen LogP) is 0.838. The highest BCUT2D eigenvalue weighted by Gasteiger charge is 2.00. The van der Waals surface area contributed by atoms with Crippen LogP contribution in [-0.2, 0) is 20.7 Å². The molecule has 0 bridgehead atoms. The van der Waals surface area contributed by atoms with E-state index in [1.807, 2.05) is 0 Å². The minimum atomic E-state index is -0.905. The van der Waals surface area contributed by atoms with Crippen molar-refractivity contribution in [2.75, 3.05) is 7.11 Å². The number of ether oxygens (including phenoxy) is 1. The molecule has 0 aliphatic rings. The number of carboxylic acids is 1. The average molecular weight is 218 g/mol. The molecule has 1 N–H and O–H groups in total. The molecular weight excluding hydrogens is 208 g/mol. The van der Waals surface area contributed by atoms with Crippen LogP contribution in [0.2, 0.25) is 0 Å². The monoisotopic (exact) mass is 218 g/mol. The second kappa shape index (κ2) is 5.56. The third-order valence-corrected chi connectivity index (χ3v) is 1.78. The smallest absolute Gasteiger partial charge is 0.384 e. The molecule has 1 aromatic carbocycles. The number of carbonyl (C=O) groups excluding carboxylic acids is 1. The summed E-state index contributed by atoms with van der Waals surface area (Å²) in [7, 11) is 1.25. The van der Waals surface area contributed by atoms with Crippen LogP contribution in [0.5, 0.6) is 0 Å². The molecule has 82 valence electrons. The fourth-order valence-electron chi connectivity index (χ4n) is 1.11. The Morgan fingerprint density at radius 3 is 2.81 bits per heavy atom. The van der Waals surface area contributed by atoms with Crippen LogP contribution in [0.3, 0.4) is 0 Å². The summed E-state index contributed by atoms with van der Waals surface area (Å²) in [6.45, 7) is 0. The van der Waals surface area contributed by atoms with E-state index in [1.54, 1.807) is 24.3 Å². The summed E-state index contributed by atoms with van der Waals surface area (Å²) in [5.74, 6) is 3.34. The van der Waals surface area contributed by atoms with Gasteiger partial charge in [0.2, 0.25) is 0 Å². The van der Waals surface area contributed by atoms with Crippen LogP contribution in [0.15, 0.2) is 24.3 Å². The average Bonchev–Trinajstić information content (AvgIpc) is 2.25. The molecule has 0 aliphatic carbocycles. The van der Waals surface area contributed by atoms with Crippen LogP contribution < -0.4 is 0 Å². The van der Waals surface area contributed by atoms with Crippen molar-refractivity contribution in [1.29, 1.82) is 0 Å². The maximum Gasteiger partial charge on any atom is 0.384 e. The van der Waals surface area contributed by atoms with E-state index in [0.29, 0.717) is 11.1 Å². The van der Waals surface area contributed by atoms with Crippen molar-refractivity contribution in [2.24, 2.45) is 0 Å². The van der Waals surface area contributed by atoms with E-state index in [9.17, 15) is 9.59 Å².